The third-order valence-corrected chi connectivity index (χ3v) is 2.93. The van der Waals surface area contributed by atoms with Crippen molar-refractivity contribution in [3.05, 3.63) is 29.8 Å². The zero-order chi connectivity index (χ0) is 15.1. The van der Waals surface area contributed by atoms with Gasteiger partial charge < -0.3 is 19.5 Å². The molecular weight excluding hydrogens is 274 g/mol. The largest absolute Gasteiger partial charge is 0.466 e. The van der Waals surface area contributed by atoms with Gasteiger partial charge in [-0.15, -0.1) is 0 Å². The summed E-state index contributed by atoms with van der Waals surface area (Å²) in [5.41, 5.74) is 1.51. The number of anilines is 1. The predicted octanol–water partition coefficient (Wildman–Crippen LogP) is 2.01. The third-order valence-electron chi connectivity index (χ3n) is 2.93. The molecule has 6 nitrogen and oxygen atoms in total. The van der Waals surface area contributed by atoms with Gasteiger partial charge in [-0.3, -0.25) is 9.59 Å². The number of rotatable bonds is 6. The zero-order valence-corrected chi connectivity index (χ0v) is 12.0. The summed E-state index contributed by atoms with van der Waals surface area (Å²) in [5, 5.41) is 2.75. The second-order valence-corrected chi connectivity index (χ2v) is 4.55. The lowest BCUT2D eigenvalue weighted by Gasteiger charge is -2.11. The molecule has 0 saturated carbocycles. The van der Waals surface area contributed by atoms with Crippen LogP contribution in [0.25, 0.3) is 0 Å². The molecule has 114 valence electrons. The summed E-state index contributed by atoms with van der Waals surface area (Å²) in [6.45, 7) is 3.20. The van der Waals surface area contributed by atoms with Gasteiger partial charge in [-0.25, -0.2) is 0 Å². The van der Waals surface area contributed by atoms with Crippen molar-refractivity contribution in [2.24, 2.45) is 0 Å². The van der Waals surface area contributed by atoms with Crippen LogP contribution in [0, 0.1) is 0 Å². The number of ether oxygens (including phenoxy) is 3. The van der Waals surface area contributed by atoms with Gasteiger partial charge in [-0.05, 0) is 19.1 Å². The van der Waals surface area contributed by atoms with E-state index >= 15 is 0 Å². The van der Waals surface area contributed by atoms with Crippen molar-refractivity contribution in [1.82, 2.24) is 0 Å². The highest BCUT2D eigenvalue weighted by Crippen LogP contribution is 2.25. The van der Waals surface area contributed by atoms with Crippen molar-refractivity contribution >= 4 is 17.6 Å². The van der Waals surface area contributed by atoms with Crippen LogP contribution in [0.5, 0.6) is 0 Å². The molecule has 1 amide bonds. The summed E-state index contributed by atoms with van der Waals surface area (Å²) < 4.78 is 15.6. The predicted molar refractivity (Wildman–Crippen MR) is 75.6 cm³/mol. The van der Waals surface area contributed by atoms with E-state index in [2.05, 4.69) is 5.32 Å². The third kappa shape index (κ3) is 4.84. The summed E-state index contributed by atoms with van der Waals surface area (Å²) in [5.74, 6) is -0.595. The monoisotopic (exact) mass is 293 g/mol. The van der Waals surface area contributed by atoms with Gasteiger partial charge in [0.2, 0.25) is 5.91 Å². The summed E-state index contributed by atoms with van der Waals surface area (Å²) in [4.78, 5) is 23.0. The molecule has 0 atom stereocenters. The van der Waals surface area contributed by atoms with E-state index in [1.54, 1.807) is 19.1 Å². The molecule has 0 bridgehead atoms. The minimum Gasteiger partial charge on any atom is -0.466 e. The second-order valence-electron chi connectivity index (χ2n) is 4.55. The molecule has 21 heavy (non-hydrogen) atoms. The zero-order valence-electron chi connectivity index (χ0n) is 12.0. The molecular formula is C15H19NO5. The number of nitrogens with one attached hydrogen (secondary N) is 1. The first-order valence-electron chi connectivity index (χ1n) is 6.97. The Kier molecular flexibility index (Phi) is 5.71. The Morgan fingerprint density at radius 3 is 2.76 bits per heavy atom. The Morgan fingerprint density at radius 2 is 2.05 bits per heavy atom. The quantitative estimate of drug-likeness (QED) is 0.812. The summed E-state index contributed by atoms with van der Waals surface area (Å²) in [7, 11) is 0. The Hall–Kier alpha value is -1.92. The topological polar surface area (TPSA) is 73.9 Å². The smallest absolute Gasteiger partial charge is 0.306 e. The van der Waals surface area contributed by atoms with Crippen LogP contribution in [0.15, 0.2) is 24.3 Å². The molecule has 1 heterocycles. The fourth-order valence-electron chi connectivity index (χ4n) is 1.99. The maximum absolute atomic E-state index is 11.8. The molecule has 2 rings (SSSR count). The van der Waals surface area contributed by atoms with E-state index in [1.807, 2.05) is 12.1 Å². The maximum Gasteiger partial charge on any atom is 0.306 e. The summed E-state index contributed by atoms with van der Waals surface area (Å²) in [6.07, 6.45) is -0.199. The fraction of sp³-hybridized carbons (Fsp3) is 0.467. The van der Waals surface area contributed by atoms with Crippen LogP contribution in [0.3, 0.4) is 0 Å². The molecule has 6 heteroatoms. The number of amides is 1. The van der Waals surface area contributed by atoms with E-state index in [0.717, 1.165) is 5.56 Å². The van der Waals surface area contributed by atoms with Crippen LogP contribution < -0.4 is 5.32 Å². The van der Waals surface area contributed by atoms with E-state index in [1.165, 1.54) is 0 Å². The van der Waals surface area contributed by atoms with Gasteiger partial charge in [0.05, 0.1) is 26.2 Å². The average Bonchev–Trinajstić information content (AvgIpc) is 3.00. The first-order chi connectivity index (χ1) is 10.2. The number of hydrogen-bond donors (Lipinski definition) is 1. The Labute approximate surface area is 123 Å². The standard InChI is InChI=1S/C15H19NO5/c1-2-19-14(18)7-6-13(17)16-12-5-3-4-11(10-12)15-20-8-9-21-15/h3-5,10,15H,2,6-9H2,1H3,(H,16,17). The molecule has 0 radical (unpaired) electrons. The number of carbonyl (C=O) groups excluding carboxylic acids is 2. The van der Waals surface area contributed by atoms with E-state index in [-0.39, 0.29) is 31.0 Å². The van der Waals surface area contributed by atoms with E-state index in [0.29, 0.717) is 25.5 Å². The second kappa shape index (κ2) is 7.75. The van der Waals surface area contributed by atoms with E-state index < -0.39 is 0 Å². The van der Waals surface area contributed by atoms with Gasteiger partial charge in [0.1, 0.15) is 0 Å². The molecule has 1 saturated heterocycles. The molecule has 0 spiro atoms. The number of benzene rings is 1. The molecule has 1 aliphatic heterocycles. The SMILES string of the molecule is CCOC(=O)CCC(=O)Nc1cccc(C2OCCO2)c1. The first-order valence-corrected chi connectivity index (χ1v) is 6.97. The van der Waals surface area contributed by atoms with E-state index in [9.17, 15) is 9.59 Å². The summed E-state index contributed by atoms with van der Waals surface area (Å²) in [6, 6.07) is 7.28. The minimum atomic E-state index is -0.374. The van der Waals surface area contributed by atoms with Gasteiger partial charge in [0.25, 0.3) is 0 Å². The molecule has 1 aromatic rings. The number of hydrogen-bond acceptors (Lipinski definition) is 5. The molecule has 1 aromatic carbocycles. The van der Waals surface area contributed by atoms with Gasteiger partial charge in [-0.1, -0.05) is 12.1 Å². The highest BCUT2D eigenvalue weighted by atomic mass is 16.7. The van der Waals surface area contributed by atoms with Gasteiger partial charge in [0.15, 0.2) is 6.29 Å². The van der Waals surface area contributed by atoms with Gasteiger partial charge in [0, 0.05) is 17.7 Å². The maximum atomic E-state index is 11.8. The Morgan fingerprint density at radius 1 is 1.29 bits per heavy atom. The lowest BCUT2D eigenvalue weighted by molar-refractivity contribution is -0.144. The van der Waals surface area contributed by atoms with E-state index in [4.69, 9.17) is 14.2 Å². The molecule has 1 N–H and O–H groups in total. The van der Waals surface area contributed by atoms with Crippen LogP contribution in [-0.2, 0) is 23.8 Å². The average molecular weight is 293 g/mol. The van der Waals surface area contributed by atoms with Crippen LogP contribution in [0.1, 0.15) is 31.6 Å². The number of esters is 1. The fourth-order valence-corrected chi connectivity index (χ4v) is 1.99. The molecule has 0 aromatic heterocycles. The van der Waals surface area contributed by atoms with Crippen molar-refractivity contribution < 1.29 is 23.8 Å². The van der Waals surface area contributed by atoms with Crippen molar-refractivity contribution in [3.63, 3.8) is 0 Å². The van der Waals surface area contributed by atoms with Crippen LogP contribution in [0.4, 0.5) is 5.69 Å². The number of carbonyl (C=O) groups is 2. The van der Waals surface area contributed by atoms with Gasteiger partial charge >= 0.3 is 5.97 Å². The normalized spacial score (nSPS) is 14.9. The molecule has 1 fully saturated rings. The minimum absolute atomic E-state index is 0.0776. The lowest BCUT2D eigenvalue weighted by Crippen LogP contribution is -2.14. The lowest BCUT2D eigenvalue weighted by atomic mass is 10.2. The van der Waals surface area contributed by atoms with Crippen LogP contribution >= 0.6 is 0 Å². The Bertz CT molecular complexity index is 497. The molecule has 1 aliphatic rings. The first kappa shape index (κ1) is 15.5. The Balaban J connectivity index is 1.85. The van der Waals surface area contributed by atoms with Crippen molar-refractivity contribution in [2.45, 2.75) is 26.1 Å². The highest BCUT2D eigenvalue weighted by molar-refractivity contribution is 5.92. The highest BCUT2D eigenvalue weighted by Gasteiger charge is 2.18. The van der Waals surface area contributed by atoms with Crippen molar-refractivity contribution in [1.29, 1.82) is 0 Å². The summed E-state index contributed by atoms with van der Waals surface area (Å²) >= 11 is 0. The molecule has 0 aliphatic carbocycles. The van der Waals surface area contributed by atoms with Crippen LogP contribution in [-0.4, -0.2) is 31.7 Å². The van der Waals surface area contributed by atoms with Crippen molar-refractivity contribution in [3.8, 4) is 0 Å². The van der Waals surface area contributed by atoms with Gasteiger partial charge in [-0.2, -0.15) is 0 Å². The van der Waals surface area contributed by atoms with Crippen molar-refractivity contribution in [2.75, 3.05) is 25.1 Å². The van der Waals surface area contributed by atoms with Crippen LogP contribution in [0.2, 0.25) is 0 Å². The molecule has 0 unspecified atom stereocenters.